The van der Waals surface area contributed by atoms with Crippen molar-refractivity contribution in [3.8, 4) is 0 Å². The van der Waals surface area contributed by atoms with Gasteiger partial charge < -0.3 is 9.52 Å². The average molecular weight is 288 g/mol. The number of furan rings is 1. The normalized spacial score (nSPS) is 18.4. The lowest BCUT2D eigenvalue weighted by atomic mass is 9.72. The molecular formula is C18H24O3. The summed E-state index contributed by atoms with van der Waals surface area (Å²) in [5, 5.41) is 8.81. The highest BCUT2D eigenvalue weighted by atomic mass is 16.4. The monoisotopic (exact) mass is 288 g/mol. The van der Waals surface area contributed by atoms with Gasteiger partial charge in [-0.15, -0.1) is 0 Å². The molecule has 1 aliphatic carbocycles. The van der Waals surface area contributed by atoms with E-state index >= 15 is 0 Å². The molecule has 0 saturated heterocycles. The molecule has 0 aliphatic heterocycles. The first-order valence-corrected chi connectivity index (χ1v) is 7.59. The summed E-state index contributed by atoms with van der Waals surface area (Å²) in [6, 6.07) is 3.25. The van der Waals surface area contributed by atoms with Gasteiger partial charge in [-0.3, -0.25) is 0 Å². The molecule has 0 unspecified atom stereocenters. The van der Waals surface area contributed by atoms with Gasteiger partial charge in [0, 0.05) is 6.42 Å². The molecule has 1 aromatic heterocycles. The number of aryl methyl sites for hydroxylation is 1. The predicted octanol–water partition coefficient (Wildman–Crippen LogP) is 4.99. The minimum Gasteiger partial charge on any atom is -0.475 e. The third-order valence-corrected chi connectivity index (χ3v) is 4.26. The van der Waals surface area contributed by atoms with Crippen LogP contribution in [0.1, 0.15) is 62.8 Å². The van der Waals surface area contributed by atoms with E-state index in [9.17, 15) is 4.79 Å². The number of rotatable bonds is 5. The molecule has 0 fully saturated rings. The molecule has 0 saturated carbocycles. The molecule has 3 heteroatoms. The number of hydrogen-bond acceptors (Lipinski definition) is 2. The van der Waals surface area contributed by atoms with Gasteiger partial charge in [-0.2, -0.15) is 0 Å². The Morgan fingerprint density at radius 1 is 1.43 bits per heavy atom. The average Bonchev–Trinajstić information content (AvgIpc) is 2.85. The van der Waals surface area contributed by atoms with Gasteiger partial charge in [-0.05, 0) is 55.7 Å². The molecule has 0 radical (unpaired) electrons. The van der Waals surface area contributed by atoms with Crippen molar-refractivity contribution in [2.75, 3.05) is 0 Å². The number of carboxylic acids is 1. The number of allylic oxidation sites excluding steroid dienone is 4. The zero-order valence-electron chi connectivity index (χ0n) is 13.1. The molecule has 1 heterocycles. The predicted molar refractivity (Wildman–Crippen MR) is 83.5 cm³/mol. The van der Waals surface area contributed by atoms with Gasteiger partial charge in [0.15, 0.2) is 0 Å². The number of hydrogen-bond donors (Lipinski definition) is 1. The van der Waals surface area contributed by atoms with E-state index in [4.69, 9.17) is 9.52 Å². The number of aromatic carboxylic acids is 1. The Balaban J connectivity index is 1.94. The third-order valence-electron chi connectivity index (χ3n) is 4.26. The van der Waals surface area contributed by atoms with Gasteiger partial charge in [-0.25, -0.2) is 4.79 Å². The van der Waals surface area contributed by atoms with Crippen molar-refractivity contribution in [2.24, 2.45) is 5.41 Å². The molecule has 3 nitrogen and oxygen atoms in total. The lowest BCUT2D eigenvalue weighted by Crippen LogP contribution is -2.19. The second kappa shape index (κ2) is 6.33. The van der Waals surface area contributed by atoms with Crippen molar-refractivity contribution in [2.45, 2.75) is 52.9 Å². The van der Waals surface area contributed by atoms with Crippen LogP contribution in [0, 0.1) is 5.41 Å². The highest BCUT2D eigenvalue weighted by Gasteiger charge is 2.26. The second-order valence-electron chi connectivity index (χ2n) is 6.44. The molecule has 0 aromatic carbocycles. The van der Waals surface area contributed by atoms with E-state index in [2.05, 4.69) is 32.9 Å². The summed E-state index contributed by atoms with van der Waals surface area (Å²) in [7, 11) is 0. The summed E-state index contributed by atoms with van der Waals surface area (Å²) in [6.45, 7) is 6.84. The summed E-state index contributed by atoms with van der Waals surface area (Å²) in [4.78, 5) is 10.7. The maximum Gasteiger partial charge on any atom is 0.371 e. The Labute approximate surface area is 126 Å². The summed E-state index contributed by atoms with van der Waals surface area (Å²) < 4.78 is 5.25. The lowest BCUT2D eigenvalue weighted by Gasteiger charge is -2.32. The molecule has 0 spiro atoms. The van der Waals surface area contributed by atoms with Gasteiger partial charge in [0.05, 0.1) is 0 Å². The van der Waals surface area contributed by atoms with Gasteiger partial charge in [0.1, 0.15) is 5.76 Å². The van der Waals surface area contributed by atoms with E-state index in [0.29, 0.717) is 0 Å². The van der Waals surface area contributed by atoms with Crippen LogP contribution in [-0.2, 0) is 6.42 Å². The number of carboxylic acid groups (broad SMARTS) is 1. The molecular weight excluding hydrogens is 264 g/mol. The van der Waals surface area contributed by atoms with E-state index in [1.54, 1.807) is 6.07 Å². The van der Waals surface area contributed by atoms with Crippen LogP contribution >= 0.6 is 0 Å². The fraction of sp³-hybridized carbons (Fsp3) is 0.500. The van der Waals surface area contributed by atoms with E-state index in [0.717, 1.165) is 18.6 Å². The molecule has 21 heavy (non-hydrogen) atoms. The van der Waals surface area contributed by atoms with Crippen LogP contribution in [0.5, 0.6) is 0 Å². The zero-order valence-corrected chi connectivity index (χ0v) is 13.1. The Hall–Kier alpha value is -1.77. The van der Waals surface area contributed by atoms with Gasteiger partial charge in [0.25, 0.3) is 0 Å². The first-order valence-electron chi connectivity index (χ1n) is 7.59. The maximum absolute atomic E-state index is 10.7. The van der Waals surface area contributed by atoms with Crippen molar-refractivity contribution in [3.05, 3.63) is 47.0 Å². The fourth-order valence-electron chi connectivity index (χ4n) is 3.06. The summed E-state index contributed by atoms with van der Waals surface area (Å²) >= 11 is 0. The third kappa shape index (κ3) is 3.87. The molecule has 2 rings (SSSR count). The standard InChI is InChI=1S/C18H24O3/c1-13-7-6-12-18(2,3)15(13)9-5-4-8-14-10-11-16(21-14)17(19)20/h5,9-11H,4,6-8,12H2,1-3H3,(H,19,20). The second-order valence-corrected chi connectivity index (χ2v) is 6.44. The molecule has 0 bridgehead atoms. The summed E-state index contributed by atoms with van der Waals surface area (Å²) in [5.74, 6) is -0.270. The van der Waals surface area contributed by atoms with Crippen LogP contribution < -0.4 is 0 Å². The summed E-state index contributed by atoms with van der Waals surface area (Å²) in [6.07, 6.45) is 9.73. The molecule has 1 N–H and O–H groups in total. The van der Waals surface area contributed by atoms with E-state index < -0.39 is 5.97 Å². The van der Waals surface area contributed by atoms with Gasteiger partial charge >= 0.3 is 5.97 Å². The highest BCUT2D eigenvalue weighted by Crippen LogP contribution is 2.40. The first-order chi connectivity index (χ1) is 9.90. The van der Waals surface area contributed by atoms with E-state index in [1.807, 2.05) is 0 Å². The van der Waals surface area contributed by atoms with Crippen LogP contribution in [0.2, 0.25) is 0 Å². The van der Waals surface area contributed by atoms with Crippen LogP contribution in [0.15, 0.2) is 39.8 Å². The zero-order chi connectivity index (χ0) is 15.5. The minimum atomic E-state index is -1.01. The summed E-state index contributed by atoms with van der Waals surface area (Å²) in [5.41, 5.74) is 3.22. The molecule has 1 aromatic rings. The van der Waals surface area contributed by atoms with Crippen molar-refractivity contribution in [3.63, 3.8) is 0 Å². The lowest BCUT2D eigenvalue weighted by molar-refractivity contribution is 0.0660. The first kappa shape index (κ1) is 15.6. The molecule has 114 valence electrons. The SMILES string of the molecule is CC1=C(C=CCCc2ccc(C(=O)O)o2)C(C)(C)CCC1. The van der Waals surface area contributed by atoms with Gasteiger partial charge in [-0.1, -0.05) is 31.6 Å². The molecule has 1 aliphatic rings. The Morgan fingerprint density at radius 2 is 2.19 bits per heavy atom. The van der Waals surface area contributed by atoms with Crippen molar-refractivity contribution in [1.82, 2.24) is 0 Å². The van der Waals surface area contributed by atoms with Crippen LogP contribution in [0.3, 0.4) is 0 Å². The quantitative estimate of drug-likeness (QED) is 0.830. The highest BCUT2D eigenvalue weighted by molar-refractivity contribution is 5.84. The number of carbonyl (C=O) groups is 1. The van der Waals surface area contributed by atoms with Crippen LogP contribution in [-0.4, -0.2) is 11.1 Å². The van der Waals surface area contributed by atoms with Crippen LogP contribution in [0.4, 0.5) is 0 Å². The Morgan fingerprint density at radius 3 is 2.81 bits per heavy atom. The minimum absolute atomic E-state index is 0.0148. The van der Waals surface area contributed by atoms with Crippen molar-refractivity contribution >= 4 is 5.97 Å². The van der Waals surface area contributed by atoms with Crippen LogP contribution in [0.25, 0.3) is 0 Å². The molecule has 0 atom stereocenters. The van der Waals surface area contributed by atoms with Crippen molar-refractivity contribution < 1.29 is 14.3 Å². The Bertz CT molecular complexity index is 573. The fourth-order valence-corrected chi connectivity index (χ4v) is 3.06. The van der Waals surface area contributed by atoms with Crippen molar-refractivity contribution in [1.29, 1.82) is 0 Å². The topological polar surface area (TPSA) is 50.4 Å². The van der Waals surface area contributed by atoms with Gasteiger partial charge in [0.2, 0.25) is 5.76 Å². The van der Waals surface area contributed by atoms with E-state index in [-0.39, 0.29) is 11.2 Å². The maximum atomic E-state index is 10.7. The largest absolute Gasteiger partial charge is 0.475 e. The van der Waals surface area contributed by atoms with E-state index in [1.165, 1.54) is 36.5 Å². The smallest absolute Gasteiger partial charge is 0.371 e. The molecule has 0 amide bonds. The Kier molecular flexibility index (Phi) is 4.71.